The molecule has 2 aliphatic rings. The fraction of sp³-hybridized carbons (Fsp3) is 0.467. The van der Waals surface area contributed by atoms with Gasteiger partial charge in [-0.2, -0.15) is 4.31 Å². The van der Waals surface area contributed by atoms with Gasteiger partial charge >= 0.3 is 0 Å². The lowest BCUT2D eigenvalue weighted by Crippen LogP contribution is -2.55. The number of carbonyl (C=O) groups excluding carboxylic acids is 1. The number of aryl methyl sites for hydroxylation is 1. The Kier molecular flexibility index (Phi) is 3.44. The van der Waals surface area contributed by atoms with Gasteiger partial charge in [0.15, 0.2) is 5.13 Å². The average molecular weight is 351 g/mol. The standard InChI is InChI=1S/C15H17N3O3S2/c1-9-2-5-12-13(6-9)22-15(16-12)17-14(19)10-7-18(8-10)23(20,21)11-3-4-11/h2,5-6,10-11H,3-4,7-8H2,1H3,(H,16,17,19). The van der Waals surface area contributed by atoms with E-state index in [0.717, 1.165) is 28.6 Å². The Morgan fingerprint density at radius 2 is 2.09 bits per heavy atom. The number of hydrogen-bond acceptors (Lipinski definition) is 5. The van der Waals surface area contributed by atoms with Crippen LogP contribution in [0.15, 0.2) is 18.2 Å². The monoisotopic (exact) mass is 351 g/mol. The van der Waals surface area contributed by atoms with Crippen LogP contribution in [0.1, 0.15) is 18.4 Å². The molecule has 122 valence electrons. The maximum Gasteiger partial charge on any atom is 0.231 e. The molecule has 2 aromatic rings. The molecule has 8 heteroatoms. The number of sulfonamides is 1. The SMILES string of the molecule is Cc1ccc2nc(NC(=O)C3CN(S(=O)(=O)C4CC4)C3)sc2c1. The van der Waals surface area contributed by atoms with Gasteiger partial charge in [0.05, 0.1) is 21.4 Å². The number of fused-ring (bicyclic) bond motifs is 1. The third-order valence-corrected chi connectivity index (χ3v) is 7.56. The van der Waals surface area contributed by atoms with Crippen molar-refractivity contribution in [2.24, 2.45) is 5.92 Å². The molecule has 4 rings (SSSR count). The zero-order valence-corrected chi connectivity index (χ0v) is 14.3. The van der Waals surface area contributed by atoms with Crippen molar-refractivity contribution in [3.63, 3.8) is 0 Å². The summed E-state index contributed by atoms with van der Waals surface area (Å²) in [6, 6.07) is 5.96. The Labute approximate surface area is 138 Å². The number of nitrogens with one attached hydrogen (secondary N) is 1. The highest BCUT2D eigenvalue weighted by molar-refractivity contribution is 7.90. The zero-order chi connectivity index (χ0) is 16.2. The van der Waals surface area contributed by atoms with Gasteiger partial charge in [0.1, 0.15) is 0 Å². The van der Waals surface area contributed by atoms with E-state index in [1.54, 1.807) is 0 Å². The van der Waals surface area contributed by atoms with Crippen molar-refractivity contribution in [2.45, 2.75) is 25.0 Å². The predicted molar refractivity (Wildman–Crippen MR) is 90.0 cm³/mol. The summed E-state index contributed by atoms with van der Waals surface area (Å²) < 4.78 is 26.5. The third kappa shape index (κ3) is 2.75. The van der Waals surface area contributed by atoms with Crippen LogP contribution in [0.25, 0.3) is 10.2 Å². The molecule has 6 nitrogen and oxygen atoms in total. The van der Waals surface area contributed by atoms with Gasteiger partial charge in [-0.1, -0.05) is 17.4 Å². The minimum atomic E-state index is -3.15. The van der Waals surface area contributed by atoms with E-state index in [9.17, 15) is 13.2 Å². The number of amides is 1. The van der Waals surface area contributed by atoms with Crippen LogP contribution in [0.2, 0.25) is 0 Å². The van der Waals surface area contributed by atoms with Crippen LogP contribution in [0.4, 0.5) is 5.13 Å². The lowest BCUT2D eigenvalue weighted by atomic mass is 10.0. The topological polar surface area (TPSA) is 79.4 Å². The zero-order valence-electron chi connectivity index (χ0n) is 12.7. The molecule has 1 aromatic carbocycles. The summed E-state index contributed by atoms with van der Waals surface area (Å²) in [4.78, 5) is 16.6. The largest absolute Gasteiger partial charge is 0.302 e. The van der Waals surface area contributed by atoms with Crippen molar-refractivity contribution >= 4 is 42.6 Å². The number of carbonyl (C=O) groups is 1. The van der Waals surface area contributed by atoms with E-state index in [-0.39, 0.29) is 30.2 Å². The molecule has 0 spiro atoms. The van der Waals surface area contributed by atoms with Crippen LogP contribution in [0, 0.1) is 12.8 Å². The quantitative estimate of drug-likeness (QED) is 0.913. The van der Waals surface area contributed by atoms with Gasteiger partial charge in [-0.3, -0.25) is 4.79 Å². The number of benzene rings is 1. The van der Waals surface area contributed by atoms with E-state index in [4.69, 9.17) is 0 Å². The first kappa shape index (κ1) is 15.0. The third-order valence-electron chi connectivity index (χ3n) is 4.30. The number of hydrogen-bond donors (Lipinski definition) is 1. The highest BCUT2D eigenvalue weighted by Crippen LogP contribution is 2.35. The molecule has 2 fully saturated rings. The number of nitrogens with zero attached hydrogens (tertiary/aromatic N) is 2. The summed E-state index contributed by atoms with van der Waals surface area (Å²) in [5, 5.41) is 3.18. The lowest BCUT2D eigenvalue weighted by molar-refractivity contribution is -0.122. The van der Waals surface area contributed by atoms with Crippen molar-refractivity contribution < 1.29 is 13.2 Å². The first-order valence-corrected chi connectivity index (χ1v) is 9.92. The lowest BCUT2D eigenvalue weighted by Gasteiger charge is -2.36. The molecule has 1 aliphatic heterocycles. The highest BCUT2D eigenvalue weighted by atomic mass is 32.2. The second-order valence-electron chi connectivity index (χ2n) is 6.24. The van der Waals surface area contributed by atoms with E-state index in [1.165, 1.54) is 15.6 Å². The van der Waals surface area contributed by atoms with E-state index in [2.05, 4.69) is 10.3 Å². The van der Waals surface area contributed by atoms with Crippen LogP contribution in [0.5, 0.6) is 0 Å². The molecular formula is C15H17N3O3S2. The molecule has 23 heavy (non-hydrogen) atoms. The van der Waals surface area contributed by atoms with Gasteiger partial charge in [0.25, 0.3) is 0 Å². The Morgan fingerprint density at radius 3 is 2.78 bits per heavy atom. The van der Waals surface area contributed by atoms with E-state index >= 15 is 0 Å². The summed E-state index contributed by atoms with van der Waals surface area (Å²) in [6.45, 7) is 2.59. The van der Waals surface area contributed by atoms with Crippen LogP contribution in [-0.2, 0) is 14.8 Å². The van der Waals surface area contributed by atoms with Gasteiger partial charge in [-0.05, 0) is 37.5 Å². The van der Waals surface area contributed by atoms with E-state index < -0.39 is 10.0 Å². The minimum absolute atomic E-state index is 0.150. The summed E-state index contributed by atoms with van der Waals surface area (Å²) in [6.07, 6.45) is 1.50. The van der Waals surface area contributed by atoms with Crippen LogP contribution in [-0.4, -0.2) is 42.0 Å². The predicted octanol–water partition coefficient (Wildman–Crippen LogP) is 1.97. The van der Waals surface area contributed by atoms with Crippen molar-refractivity contribution in [2.75, 3.05) is 18.4 Å². The van der Waals surface area contributed by atoms with Crippen molar-refractivity contribution in [3.05, 3.63) is 23.8 Å². The number of aromatic nitrogens is 1. The minimum Gasteiger partial charge on any atom is -0.302 e. The Balaban J connectivity index is 1.40. The molecule has 0 radical (unpaired) electrons. The molecule has 0 bridgehead atoms. The average Bonchev–Trinajstić information content (AvgIpc) is 3.19. The second kappa shape index (κ2) is 5.25. The molecule has 0 unspecified atom stereocenters. The van der Waals surface area contributed by atoms with Crippen LogP contribution >= 0.6 is 11.3 Å². The van der Waals surface area contributed by atoms with Gasteiger partial charge in [0.2, 0.25) is 15.9 Å². The molecule has 2 heterocycles. The van der Waals surface area contributed by atoms with Crippen molar-refractivity contribution in [1.29, 1.82) is 0 Å². The molecule has 1 amide bonds. The molecule has 1 aliphatic carbocycles. The van der Waals surface area contributed by atoms with Crippen LogP contribution in [0.3, 0.4) is 0 Å². The summed E-state index contributed by atoms with van der Waals surface area (Å²) >= 11 is 1.44. The molecule has 1 aromatic heterocycles. The number of anilines is 1. The van der Waals surface area contributed by atoms with Gasteiger partial charge in [-0.25, -0.2) is 13.4 Å². The van der Waals surface area contributed by atoms with Crippen LogP contribution < -0.4 is 5.32 Å². The normalized spacial score (nSPS) is 19.7. The second-order valence-corrected chi connectivity index (χ2v) is 9.48. The molecule has 1 saturated heterocycles. The molecule has 0 atom stereocenters. The highest BCUT2D eigenvalue weighted by Gasteiger charge is 2.47. The molecular weight excluding hydrogens is 334 g/mol. The summed E-state index contributed by atoms with van der Waals surface area (Å²) in [5.74, 6) is -0.430. The Bertz CT molecular complexity index is 881. The van der Waals surface area contributed by atoms with Crippen molar-refractivity contribution in [1.82, 2.24) is 9.29 Å². The Morgan fingerprint density at radius 1 is 1.35 bits per heavy atom. The van der Waals surface area contributed by atoms with Gasteiger partial charge in [-0.15, -0.1) is 0 Å². The van der Waals surface area contributed by atoms with E-state index in [0.29, 0.717) is 5.13 Å². The first-order chi connectivity index (χ1) is 10.9. The van der Waals surface area contributed by atoms with Crippen molar-refractivity contribution in [3.8, 4) is 0 Å². The maximum atomic E-state index is 12.2. The summed E-state index contributed by atoms with van der Waals surface area (Å²) in [5.41, 5.74) is 2.02. The number of rotatable bonds is 4. The first-order valence-electron chi connectivity index (χ1n) is 7.60. The van der Waals surface area contributed by atoms with E-state index in [1.807, 2.05) is 25.1 Å². The molecule has 1 N–H and O–H groups in total. The van der Waals surface area contributed by atoms with Gasteiger partial charge < -0.3 is 5.32 Å². The summed E-state index contributed by atoms with van der Waals surface area (Å²) in [7, 11) is -3.15. The Hall–Kier alpha value is -1.51. The molecule has 1 saturated carbocycles. The fourth-order valence-corrected chi connectivity index (χ4v) is 5.58. The maximum absolute atomic E-state index is 12.2. The number of thiazole rings is 1. The smallest absolute Gasteiger partial charge is 0.231 e. The van der Waals surface area contributed by atoms with Gasteiger partial charge in [0, 0.05) is 13.1 Å². The fourth-order valence-electron chi connectivity index (χ4n) is 2.68.